The lowest BCUT2D eigenvalue weighted by Gasteiger charge is -2.05. The third-order valence-electron chi connectivity index (χ3n) is 3.40. The number of nitrogens with one attached hydrogen (secondary N) is 1. The summed E-state index contributed by atoms with van der Waals surface area (Å²) in [6, 6.07) is 14.6. The van der Waals surface area contributed by atoms with Crippen LogP contribution in [0.15, 0.2) is 52.3 Å². The standard InChI is InChI=1S/C17H15BrN2S/c1-11-3-8-15(9-12(11)2)19-17-20-16(10-21-17)13-4-6-14(18)7-5-13/h3-10H,1-2H3,(H,19,20). The van der Waals surface area contributed by atoms with Gasteiger partial charge in [0.15, 0.2) is 5.13 Å². The average Bonchev–Trinajstić information content (AvgIpc) is 2.92. The summed E-state index contributed by atoms with van der Waals surface area (Å²) in [6.07, 6.45) is 0. The van der Waals surface area contributed by atoms with Crippen molar-refractivity contribution in [2.75, 3.05) is 5.32 Å². The van der Waals surface area contributed by atoms with Gasteiger partial charge in [-0.2, -0.15) is 0 Å². The molecule has 0 aliphatic carbocycles. The molecule has 0 atom stereocenters. The Bertz CT molecular complexity index is 763. The molecular formula is C17H15BrN2S. The molecule has 0 saturated heterocycles. The lowest BCUT2D eigenvalue weighted by Crippen LogP contribution is -1.91. The summed E-state index contributed by atoms with van der Waals surface area (Å²) in [4.78, 5) is 4.65. The summed E-state index contributed by atoms with van der Waals surface area (Å²) in [5, 5.41) is 6.36. The molecule has 1 heterocycles. The predicted molar refractivity (Wildman–Crippen MR) is 94.4 cm³/mol. The van der Waals surface area contributed by atoms with Gasteiger partial charge in [-0.25, -0.2) is 4.98 Å². The molecule has 0 aliphatic heterocycles. The van der Waals surface area contributed by atoms with Crippen LogP contribution < -0.4 is 5.32 Å². The molecule has 3 rings (SSSR count). The van der Waals surface area contributed by atoms with Crippen LogP contribution in [0.2, 0.25) is 0 Å². The minimum absolute atomic E-state index is 0.913. The van der Waals surface area contributed by atoms with Crippen LogP contribution in [-0.2, 0) is 0 Å². The van der Waals surface area contributed by atoms with E-state index in [0.717, 1.165) is 26.5 Å². The molecule has 3 aromatic rings. The Balaban J connectivity index is 1.81. The fourth-order valence-corrected chi connectivity index (χ4v) is 3.03. The lowest BCUT2D eigenvalue weighted by atomic mass is 10.1. The molecule has 0 amide bonds. The van der Waals surface area contributed by atoms with Crippen LogP contribution in [0, 0.1) is 13.8 Å². The fraction of sp³-hybridized carbons (Fsp3) is 0.118. The molecule has 1 aromatic heterocycles. The number of hydrogen-bond acceptors (Lipinski definition) is 3. The number of anilines is 2. The number of aryl methyl sites for hydroxylation is 2. The summed E-state index contributed by atoms with van der Waals surface area (Å²) in [6.45, 7) is 4.24. The second-order valence-electron chi connectivity index (χ2n) is 4.97. The number of aromatic nitrogens is 1. The first-order valence-electron chi connectivity index (χ1n) is 6.67. The molecule has 2 aromatic carbocycles. The molecule has 4 heteroatoms. The maximum atomic E-state index is 4.65. The van der Waals surface area contributed by atoms with Crippen molar-refractivity contribution in [1.29, 1.82) is 0 Å². The van der Waals surface area contributed by atoms with E-state index in [1.807, 2.05) is 12.1 Å². The summed E-state index contributed by atoms with van der Waals surface area (Å²) in [7, 11) is 0. The Hall–Kier alpha value is -1.65. The minimum Gasteiger partial charge on any atom is -0.332 e. The largest absolute Gasteiger partial charge is 0.332 e. The van der Waals surface area contributed by atoms with Crippen LogP contribution >= 0.6 is 27.3 Å². The molecule has 0 saturated carbocycles. The van der Waals surface area contributed by atoms with Gasteiger partial charge in [0.1, 0.15) is 0 Å². The first kappa shape index (κ1) is 14.3. The molecule has 21 heavy (non-hydrogen) atoms. The number of rotatable bonds is 3. The first-order valence-corrected chi connectivity index (χ1v) is 8.35. The molecule has 0 unspecified atom stereocenters. The van der Waals surface area contributed by atoms with Crippen molar-refractivity contribution in [3.05, 3.63) is 63.4 Å². The maximum Gasteiger partial charge on any atom is 0.187 e. The van der Waals surface area contributed by atoms with Gasteiger partial charge in [0.2, 0.25) is 0 Å². The van der Waals surface area contributed by atoms with E-state index < -0.39 is 0 Å². The van der Waals surface area contributed by atoms with Crippen LogP contribution in [0.4, 0.5) is 10.8 Å². The molecule has 0 bridgehead atoms. The maximum absolute atomic E-state index is 4.65. The highest BCUT2D eigenvalue weighted by Gasteiger charge is 2.05. The Kier molecular flexibility index (Phi) is 4.08. The van der Waals surface area contributed by atoms with Gasteiger partial charge in [-0.05, 0) is 49.2 Å². The molecule has 0 aliphatic rings. The van der Waals surface area contributed by atoms with Crippen molar-refractivity contribution >= 4 is 38.1 Å². The number of benzene rings is 2. The van der Waals surface area contributed by atoms with Crippen molar-refractivity contribution in [1.82, 2.24) is 4.98 Å². The van der Waals surface area contributed by atoms with Gasteiger partial charge >= 0.3 is 0 Å². The van der Waals surface area contributed by atoms with E-state index >= 15 is 0 Å². The third-order valence-corrected chi connectivity index (χ3v) is 4.69. The van der Waals surface area contributed by atoms with E-state index in [0.29, 0.717) is 0 Å². The van der Waals surface area contributed by atoms with E-state index in [1.54, 1.807) is 11.3 Å². The van der Waals surface area contributed by atoms with Crippen molar-refractivity contribution in [2.24, 2.45) is 0 Å². The predicted octanol–water partition coefficient (Wildman–Crippen LogP) is 5.93. The van der Waals surface area contributed by atoms with E-state index in [9.17, 15) is 0 Å². The Morgan fingerprint density at radius 2 is 1.76 bits per heavy atom. The summed E-state index contributed by atoms with van der Waals surface area (Å²) < 4.78 is 1.08. The van der Waals surface area contributed by atoms with Crippen LogP contribution in [-0.4, -0.2) is 4.98 Å². The molecule has 2 nitrogen and oxygen atoms in total. The van der Waals surface area contributed by atoms with Gasteiger partial charge in [-0.15, -0.1) is 11.3 Å². The average molecular weight is 359 g/mol. The zero-order valence-electron chi connectivity index (χ0n) is 11.9. The summed E-state index contributed by atoms with van der Waals surface area (Å²) in [5.41, 5.74) is 5.79. The van der Waals surface area contributed by atoms with Gasteiger partial charge in [0.25, 0.3) is 0 Å². The van der Waals surface area contributed by atoms with Crippen molar-refractivity contribution in [3.63, 3.8) is 0 Å². The molecule has 0 radical (unpaired) electrons. The normalized spacial score (nSPS) is 10.6. The van der Waals surface area contributed by atoms with E-state index in [-0.39, 0.29) is 0 Å². The van der Waals surface area contributed by atoms with Crippen molar-refractivity contribution in [3.8, 4) is 11.3 Å². The summed E-state index contributed by atoms with van der Waals surface area (Å²) in [5.74, 6) is 0. The first-order chi connectivity index (χ1) is 10.1. The van der Waals surface area contributed by atoms with Crippen LogP contribution in [0.5, 0.6) is 0 Å². The highest BCUT2D eigenvalue weighted by molar-refractivity contribution is 9.10. The number of nitrogens with zero attached hydrogens (tertiary/aromatic N) is 1. The quantitative estimate of drug-likeness (QED) is 0.627. The van der Waals surface area contributed by atoms with Crippen LogP contribution in [0.1, 0.15) is 11.1 Å². The fourth-order valence-electron chi connectivity index (χ4n) is 2.03. The molecular weight excluding hydrogens is 344 g/mol. The van der Waals surface area contributed by atoms with Gasteiger partial charge in [0.05, 0.1) is 5.69 Å². The molecule has 0 spiro atoms. The van der Waals surface area contributed by atoms with E-state index in [4.69, 9.17) is 0 Å². The monoisotopic (exact) mass is 358 g/mol. The lowest BCUT2D eigenvalue weighted by molar-refractivity contribution is 1.32. The van der Waals surface area contributed by atoms with Crippen LogP contribution in [0.25, 0.3) is 11.3 Å². The Morgan fingerprint density at radius 3 is 2.48 bits per heavy atom. The Labute approximate surface area is 137 Å². The number of halogens is 1. The van der Waals surface area contributed by atoms with Gasteiger partial charge in [-0.1, -0.05) is 34.1 Å². The zero-order valence-corrected chi connectivity index (χ0v) is 14.3. The van der Waals surface area contributed by atoms with E-state index in [1.165, 1.54) is 11.1 Å². The van der Waals surface area contributed by atoms with Crippen molar-refractivity contribution < 1.29 is 0 Å². The second kappa shape index (κ2) is 6.00. The van der Waals surface area contributed by atoms with Gasteiger partial charge in [-0.3, -0.25) is 0 Å². The minimum atomic E-state index is 0.913. The SMILES string of the molecule is Cc1ccc(Nc2nc(-c3ccc(Br)cc3)cs2)cc1C. The third kappa shape index (κ3) is 3.34. The number of thiazole rings is 1. The Morgan fingerprint density at radius 1 is 1.00 bits per heavy atom. The molecule has 1 N–H and O–H groups in total. The highest BCUT2D eigenvalue weighted by atomic mass is 79.9. The van der Waals surface area contributed by atoms with E-state index in [2.05, 4.69) is 75.8 Å². The smallest absolute Gasteiger partial charge is 0.187 e. The number of hydrogen-bond donors (Lipinski definition) is 1. The van der Waals surface area contributed by atoms with Crippen LogP contribution in [0.3, 0.4) is 0 Å². The molecule has 106 valence electrons. The molecule has 0 fully saturated rings. The highest BCUT2D eigenvalue weighted by Crippen LogP contribution is 2.28. The summed E-state index contributed by atoms with van der Waals surface area (Å²) >= 11 is 5.07. The van der Waals surface area contributed by atoms with Gasteiger partial charge < -0.3 is 5.32 Å². The second-order valence-corrected chi connectivity index (χ2v) is 6.74. The topological polar surface area (TPSA) is 24.9 Å². The van der Waals surface area contributed by atoms with Crippen molar-refractivity contribution in [2.45, 2.75) is 13.8 Å². The zero-order chi connectivity index (χ0) is 14.8. The van der Waals surface area contributed by atoms with Gasteiger partial charge in [0, 0.05) is 21.1 Å².